The quantitative estimate of drug-likeness (QED) is 0.478. The summed E-state index contributed by atoms with van der Waals surface area (Å²) in [5.74, 6) is 1.28. The monoisotopic (exact) mass is 440 g/mol. The second kappa shape index (κ2) is 7.97. The Morgan fingerprint density at radius 2 is 1.88 bits per heavy atom. The van der Waals surface area contributed by atoms with Gasteiger partial charge in [-0.2, -0.15) is 4.98 Å². The van der Waals surface area contributed by atoms with Crippen molar-refractivity contribution in [3.05, 3.63) is 72.1 Å². The number of hydrogen-bond donors (Lipinski definition) is 4. The topological polar surface area (TPSA) is 80.4 Å². The molecule has 0 radical (unpaired) electrons. The lowest BCUT2D eigenvalue weighted by molar-refractivity contribution is 0.292. The lowest BCUT2D eigenvalue weighted by Crippen LogP contribution is -2.44. The number of nitrogens with zero attached hydrogens (tertiary/aromatic N) is 4. The molecule has 2 saturated heterocycles. The first-order chi connectivity index (χ1) is 16.1. The highest BCUT2D eigenvalue weighted by Gasteiger charge is 2.41. The summed E-state index contributed by atoms with van der Waals surface area (Å²) < 4.78 is 0. The van der Waals surface area contributed by atoms with Crippen molar-refractivity contribution < 1.29 is 0 Å². The van der Waals surface area contributed by atoms with E-state index in [1.54, 1.807) is 6.20 Å². The van der Waals surface area contributed by atoms with Crippen LogP contribution in [0.5, 0.6) is 0 Å². The highest BCUT2D eigenvalue weighted by atomic mass is 15.4. The molecule has 3 aliphatic rings. The zero-order chi connectivity index (χ0) is 22.4. The summed E-state index contributed by atoms with van der Waals surface area (Å²) in [6.45, 7) is 4.36. The van der Waals surface area contributed by atoms with E-state index in [2.05, 4.69) is 97.7 Å². The maximum Gasteiger partial charge on any atom is 0.229 e. The van der Waals surface area contributed by atoms with Crippen LogP contribution < -0.4 is 26.4 Å². The number of para-hydroxylation sites is 1. The zero-order valence-corrected chi connectivity index (χ0v) is 18.8. The van der Waals surface area contributed by atoms with Gasteiger partial charge in [0.25, 0.3) is 0 Å². The van der Waals surface area contributed by atoms with Crippen molar-refractivity contribution >= 4 is 34.5 Å². The number of hydrazine groups is 1. The Labute approximate surface area is 193 Å². The molecule has 4 heterocycles. The summed E-state index contributed by atoms with van der Waals surface area (Å²) in [5.41, 5.74) is 12.9. The number of aryl methyl sites for hydroxylation is 1. The van der Waals surface area contributed by atoms with Gasteiger partial charge in [0.05, 0.1) is 11.4 Å². The van der Waals surface area contributed by atoms with Gasteiger partial charge in [-0.05, 0) is 56.3 Å². The van der Waals surface area contributed by atoms with Crippen molar-refractivity contribution in [2.24, 2.45) is 0 Å². The fraction of sp³-hybridized carbons (Fsp3) is 0.280. The standard InChI is InChI=1S/C25H28N8/c1-16-4-3-5-21-22(13-27-31-24(16)21)29-23-10-11-26-25(30-23)28-17-6-8-18(9-7-17)33-15-19-12-20(33)14-32(19)2/h3-11,13,19-20,27,31H,12,14-15H2,1-2H3,(H2,26,28,29,30). The Kier molecular flexibility index (Phi) is 4.80. The van der Waals surface area contributed by atoms with Gasteiger partial charge in [0, 0.05) is 54.5 Å². The average Bonchev–Trinajstić information content (AvgIpc) is 3.40. The van der Waals surface area contributed by atoms with E-state index in [9.17, 15) is 0 Å². The van der Waals surface area contributed by atoms with Gasteiger partial charge in [0.1, 0.15) is 5.82 Å². The van der Waals surface area contributed by atoms with E-state index >= 15 is 0 Å². The third kappa shape index (κ3) is 3.72. The van der Waals surface area contributed by atoms with Gasteiger partial charge in [0.15, 0.2) is 0 Å². The Morgan fingerprint density at radius 3 is 2.67 bits per heavy atom. The first-order valence-corrected chi connectivity index (χ1v) is 11.4. The van der Waals surface area contributed by atoms with Gasteiger partial charge >= 0.3 is 0 Å². The summed E-state index contributed by atoms with van der Waals surface area (Å²) in [7, 11) is 2.23. The van der Waals surface area contributed by atoms with E-state index in [4.69, 9.17) is 0 Å². The Balaban J connectivity index is 1.15. The summed E-state index contributed by atoms with van der Waals surface area (Å²) in [4.78, 5) is 14.1. The number of likely N-dealkylation sites (tertiary alicyclic amines) is 1. The summed E-state index contributed by atoms with van der Waals surface area (Å²) >= 11 is 0. The smallest absolute Gasteiger partial charge is 0.229 e. The van der Waals surface area contributed by atoms with Crippen molar-refractivity contribution in [3.8, 4) is 0 Å². The number of piperazine rings is 1. The number of hydrogen-bond acceptors (Lipinski definition) is 8. The Hall–Kier alpha value is -3.78. The zero-order valence-electron chi connectivity index (χ0n) is 18.8. The molecule has 2 aromatic carbocycles. The number of aromatic nitrogens is 2. The number of anilines is 5. The lowest BCUT2D eigenvalue weighted by atomic mass is 10.0. The Morgan fingerprint density at radius 1 is 1.00 bits per heavy atom. The van der Waals surface area contributed by atoms with Gasteiger partial charge in [-0.15, -0.1) is 0 Å². The summed E-state index contributed by atoms with van der Waals surface area (Å²) in [6.07, 6.45) is 4.93. The maximum absolute atomic E-state index is 4.66. The molecule has 0 saturated carbocycles. The molecule has 2 atom stereocenters. The van der Waals surface area contributed by atoms with Crippen LogP contribution in [0.4, 0.5) is 28.8 Å². The predicted molar refractivity (Wildman–Crippen MR) is 133 cm³/mol. The van der Waals surface area contributed by atoms with E-state index in [0.717, 1.165) is 41.5 Å². The number of rotatable bonds is 5. The number of fused-ring (bicyclic) bond motifs is 3. The largest absolute Gasteiger partial charge is 0.366 e. The number of benzene rings is 2. The first kappa shape index (κ1) is 19.9. The van der Waals surface area contributed by atoms with Crippen LogP contribution in [0.1, 0.15) is 17.5 Å². The third-order valence-corrected chi connectivity index (χ3v) is 6.86. The van der Waals surface area contributed by atoms with Crippen molar-refractivity contribution in [2.75, 3.05) is 41.1 Å². The van der Waals surface area contributed by atoms with Gasteiger partial charge in [-0.25, -0.2) is 4.98 Å². The molecule has 1 aromatic heterocycles. The molecule has 168 valence electrons. The minimum absolute atomic E-state index is 0.557. The molecule has 3 aliphatic heterocycles. The normalized spacial score (nSPS) is 21.2. The summed E-state index contributed by atoms with van der Waals surface area (Å²) in [6, 6.07) is 18.0. The van der Waals surface area contributed by atoms with Crippen molar-refractivity contribution in [1.29, 1.82) is 0 Å². The fourth-order valence-electron chi connectivity index (χ4n) is 5.09. The highest BCUT2D eigenvalue weighted by Crippen LogP contribution is 2.34. The number of nitrogens with one attached hydrogen (secondary N) is 4. The van der Waals surface area contributed by atoms with Gasteiger partial charge in [-0.1, -0.05) is 18.2 Å². The molecule has 0 amide bonds. The minimum atomic E-state index is 0.557. The van der Waals surface area contributed by atoms with Crippen LogP contribution in [0.2, 0.25) is 0 Å². The molecular weight excluding hydrogens is 412 g/mol. The predicted octanol–water partition coefficient (Wildman–Crippen LogP) is 3.76. The van der Waals surface area contributed by atoms with Crippen LogP contribution in [0, 0.1) is 6.92 Å². The highest BCUT2D eigenvalue weighted by molar-refractivity contribution is 5.85. The molecule has 8 nitrogen and oxygen atoms in total. The van der Waals surface area contributed by atoms with Crippen LogP contribution in [0.25, 0.3) is 5.70 Å². The van der Waals surface area contributed by atoms with E-state index in [-0.39, 0.29) is 0 Å². The lowest BCUT2D eigenvalue weighted by Gasteiger charge is -2.33. The molecular formula is C25H28N8. The molecule has 8 heteroatoms. The molecule has 33 heavy (non-hydrogen) atoms. The number of likely N-dealkylation sites (N-methyl/N-ethyl adjacent to an activating group) is 1. The Bertz CT molecular complexity index is 1200. The average molecular weight is 441 g/mol. The van der Waals surface area contributed by atoms with E-state index in [0.29, 0.717) is 18.0 Å². The minimum Gasteiger partial charge on any atom is -0.366 e. The van der Waals surface area contributed by atoms with Gasteiger partial charge in [0.2, 0.25) is 5.95 Å². The first-order valence-electron chi connectivity index (χ1n) is 11.4. The molecule has 0 aliphatic carbocycles. The van der Waals surface area contributed by atoms with Crippen LogP contribution >= 0.6 is 0 Å². The van der Waals surface area contributed by atoms with Crippen LogP contribution in [-0.2, 0) is 0 Å². The van der Waals surface area contributed by atoms with Gasteiger partial charge < -0.3 is 26.4 Å². The summed E-state index contributed by atoms with van der Waals surface area (Å²) in [5, 5.41) is 6.74. The molecule has 4 N–H and O–H groups in total. The maximum atomic E-state index is 4.66. The second-order valence-corrected chi connectivity index (χ2v) is 9.02. The molecule has 2 unspecified atom stereocenters. The molecule has 3 aromatic rings. The van der Waals surface area contributed by atoms with E-state index in [1.165, 1.54) is 17.7 Å². The van der Waals surface area contributed by atoms with E-state index in [1.807, 2.05) is 12.3 Å². The van der Waals surface area contributed by atoms with Crippen molar-refractivity contribution in [3.63, 3.8) is 0 Å². The van der Waals surface area contributed by atoms with Crippen LogP contribution in [0.3, 0.4) is 0 Å². The van der Waals surface area contributed by atoms with E-state index < -0.39 is 0 Å². The third-order valence-electron chi connectivity index (χ3n) is 6.86. The van der Waals surface area contributed by atoms with Gasteiger partial charge in [-0.3, -0.25) is 4.90 Å². The fourth-order valence-corrected chi connectivity index (χ4v) is 5.09. The van der Waals surface area contributed by atoms with Crippen LogP contribution in [0.15, 0.2) is 60.9 Å². The van der Waals surface area contributed by atoms with Crippen molar-refractivity contribution in [1.82, 2.24) is 20.3 Å². The SMILES string of the molecule is Cc1cccc2c1NNC=C2Nc1ccnc(Nc2ccc(N3CC4CC3CN4C)cc2)n1. The molecule has 2 bridgehead atoms. The van der Waals surface area contributed by atoms with Crippen LogP contribution in [-0.4, -0.2) is 47.1 Å². The molecule has 0 spiro atoms. The van der Waals surface area contributed by atoms with Crippen molar-refractivity contribution in [2.45, 2.75) is 25.4 Å². The second-order valence-electron chi connectivity index (χ2n) is 9.02. The molecule has 6 rings (SSSR count). The molecule has 2 fully saturated rings.